The molecule has 0 spiro atoms. The van der Waals surface area contributed by atoms with Crippen LogP contribution in [0.25, 0.3) is 0 Å². The molecular formula is C25H29FN4O3. The second-order valence-corrected chi connectivity index (χ2v) is 8.37. The van der Waals surface area contributed by atoms with Crippen molar-refractivity contribution < 1.29 is 18.8 Å². The number of fused-ring (bicyclic) bond motifs is 3. The molecule has 0 unspecified atom stereocenters. The SMILES string of the molecule is CCN(CC)C(=O)c1ccc2c(c1)N(CC(=O)Nc1ccc(F)cc1)C(=O)[C@H]1CCCCN21. The Morgan fingerprint density at radius 1 is 1.06 bits per heavy atom. The minimum atomic E-state index is -0.393. The number of hydrogen-bond donors (Lipinski definition) is 1. The molecule has 1 fully saturated rings. The Kier molecular flexibility index (Phi) is 6.62. The van der Waals surface area contributed by atoms with Crippen molar-refractivity contribution in [2.24, 2.45) is 0 Å². The van der Waals surface area contributed by atoms with Gasteiger partial charge in [0.15, 0.2) is 0 Å². The van der Waals surface area contributed by atoms with E-state index in [2.05, 4.69) is 10.2 Å². The number of rotatable bonds is 6. The molecule has 3 amide bonds. The lowest BCUT2D eigenvalue weighted by molar-refractivity contribution is -0.123. The highest BCUT2D eigenvalue weighted by atomic mass is 19.1. The van der Waals surface area contributed by atoms with E-state index >= 15 is 0 Å². The summed E-state index contributed by atoms with van der Waals surface area (Å²) in [5.41, 5.74) is 2.39. The van der Waals surface area contributed by atoms with Crippen LogP contribution in [0.2, 0.25) is 0 Å². The predicted octanol–water partition coefficient (Wildman–Crippen LogP) is 3.65. The summed E-state index contributed by atoms with van der Waals surface area (Å²) in [4.78, 5) is 44.5. The van der Waals surface area contributed by atoms with Crippen molar-refractivity contribution in [3.63, 3.8) is 0 Å². The summed E-state index contributed by atoms with van der Waals surface area (Å²) >= 11 is 0. The van der Waals surface area contributed by atoms with Crippen LogP contribution >= 0.6 is 0 Å². The third kappa shape index (κ3) is 4.55. The number of hydrogen-bond acceptors (Lipinski definition) is 4. The summed E-state index contributed by atoms with van der Waals surface area (Å²) in [7, 11) is 0. The summed E-state index contributed by atoms with van der Waals surface area (Å²) < 4.78 is 13.2. The average Bonchev–Trinajstić information content (AvgIpc) is 2.83. The number of carbonyl (C=O) groups is 3. The number of halogens is 1. The molecule has 4 rings (SSSR count). The van der Waals surface area contributed by atoms with Gasteiger partial charge in [0.1, 0.15) is 18.4 Å². The molecule has 174 valence electrons. The molecule has 8 heteroatoms. The van der Waals surface area contributed by atoms with Crippen LogP contribution in [0.5, 0.6) is 0 Å². The van der Waals surface area contributed by atoms with E-state index in [1.165, 1.54) is 29.2 Å². The molecule has 33 heavy (non-hydrogen) atoms. The minimum absolute atomic E-state index is 0.105. The molecule has 2 aromatic rings. The quantitative estimate of drug-likeness (QED) is 0.726. The number of benzene rings is 2. The topological polar surface area (TPSA) is 73.0 Å². The lowest BCUT2D eigenvalue weighted by Gasteiger charge is -2.45. The number of carbonyl (C=O) groups excluding carboxylic acids is 3. The van der Waals surface area contributed by atoms with Crippen molar-refractivity contribution >= 4 is 34.8 Å². The van der Waals surface area contributed by atoms with Gasteiger partial charge in [-0.3, -0.25) is 19.3 Å². The molecule has 0 aromatic heterocycles. The lowest BCUT2D eigenvalue weighted by Crippen LogP contribution is -2.56. The van der Waals surface area contributed by atoms with Gasteiger partial charge in [0.2, 0.25) is 11.8 Å². The van der Waals surface area contributed by atoms with Gasteiger partial charge in [-0.2, -0.15) is 0 Å². The molecule has 0 saturated carbocycles. The van der Waals surface area contributed by atoms with E-state index < -0.39 is 5.82 Å². The van der Waals surface area contributed by atoms with Gasteiger partial charge in [0, 0.05) is 30.9 Å². The van der Waals surface area contributed by atoms with Crippen LogP contribution in [-0.4, -0.2) is 54.8 Å². The fourth-order valence-electron chi connectivity index (χ4n) is 4.62. The zero-order valence-corrected chi connectivity index (χ0v) is 19.0. The van der Waals surface area contributed by atoms with Crippen LogP contribution in [0.3, 0.4) is 0 Å². The zero-order valence-electron chi connectivity index (χ0n) is 19.0. The van der Waals surface area contributed by atoms with Crippen molar-refractivity contribution in [1.82, 2.24) is 4.90 Å². The normalized spacial score (nSPS) is 17.3. The Labute approximate surface area is 193 Å². The summed E-state index contributed by atoms with van der Waals surface area (Å²) in [5.74, 6) is -1.02. The molecule has 1 N–H and O–H groups in total. The van der Waals surface area contributed by atoms with E-state index in [0.29, 0.717) is 30.0 Å². The number of nitrogens with zero attached hydrogens (tertiary/aromatic N) is 3. The molecule has 0 radical (unpaired) electrons. The maximum absolute atomic E-state index is 13.4. The Morgan fingerprint density at radius 2 is 1.79 bits per heavy atom. The fraction of sp³-hybridized carbons (Fsp3) is 0.400. The highest BCUT2D eigenvalue weighted by molar-refractivity contribution is 6.11. The first-order valence-corrected chi connectivity index (χ1v) is 11.5. The first-order chi connectivity index (χ1) is 15.9. The third-order valence-corrected chi connectivity index (χ3v) is 6.36. The van der Waals surface area contributed by atoms with Gasteiger partial charge in [-0.05, 0) is 75.6 Å². The maximum Gasteiger partial charge on any atom is 0.253 e. The zero-order chi connectivity index (χ0) is 23.5. The first-order valence-electron chi connectivity index (χ1n) is 11.5. The van der Waals surface area contributed by atoms with Crippen LogP contribution < -0.4 is 15.1 Å². The van der Waals surface area contributed by atoms with E-state index in [0.717, 1.165) is 31.5 Å². The molecule has 1 atom stereocenters. The molecular weight excluding hydrogens is 423 g/mol. The van der Waals surface area contributed by atoms with Crippen LogP contribution in [0.1, 0.15) is 43.5 Å². The summed E-state index contributed by atoms with van der Waals surface area (Å²) in [6, 6.07) is 10.6. The average molecular weight is 453 g/mol. The predicted molar refractivity (Wildman–Crippen MR) is 126 cm³/mol. The van der Waals surface area contributed by atoms with Gasteiger partial charge in [-0.1, -0.05) is 0 Å². The van der Waals surface area contributed by atoms with E-state index in [9.17, 15) is 18.8 Å². The Morgan fingerprint density at radius 3 is 2.48 bits per heavy atom. The summed E-state index contributed by atoms with van der Waals surface area (Å²) in [6.45, 7) is 5.60. The van der Waals surface area contributed by atoms with Gasteiger partial charge in [-0.15, -0.1) is 0 Å². The van der Waals surface area contributed by atoms with Crippen LogP contribution in [0.15, 0.2) is 42.5 Å². The van der Waals surface area contributed by atoms with Crippen molar-refractivity contribution in [3.8, 4) is 0 Å². The molecule has 2 heterocycles. The van der Waals surface area contributed by atoms with Gasteiger partial charge >= 0.3 is 0 Å². The highest BCUT2D eigenvalue weighted by Gasteiger charge is 2.40. The number of anilines is 3. The molecule has 2 aliphatic heterocycles. The third-order valence-electron chi connectivity index (χ3n) is 6.36. The Balaban J connectivity index is 1.66. The van der Waals surface area contributed by atoms with Crippen LogP contribution in [-0.2, 0) is 9.59 Å². The van der Waals surface area contributed by atoms with E-state index in [1.54, 1.807) is 17.0 Å². The maximum atomic E-state index is 13.4. The summed E-state index contributed by atoms with van der Waals surface area (Å²) in [6.07, 6.45) is 2.68. The number of nitrogens with one attached hydrogen (secondary N) is 1. The largest absolute Gasteiger partial charge is 0.358 e. The van der Waals surface area contributed by atoms with Crippen molar-refractivity contribution in [3.05, 3.63) is 53.8 Å². The van der Waals surface area contributed by atoms with E-state index in [-0.39, 0.29) is 30.3 Å². The van der Waals surface area contributed by atoms with Gasteiger partial charge in [0.05, 0.1) is 11.4 Å². The second kappa shape index (κ2) is 9.60. The summed E-state index contributed by atoms with van der Waals surface area (Å²) in [5, 5.41) is 2.73. The standard InChI is InChI=1S/C25H29FN4O3/c1-3-28(4-2)24(32)17-8-13-20-22(15-17)30(25(33)21-7-5-6-14-29(20)21)16-23(31)27-19-11-9-18(26)10-12-19/h8-13,15,21H,3-7,14,16H2,1-2H3,(H,27,31)/t21-/m1/s1. The minimum Gasteiger partial charge on any atom is -0.358 e. The first kappa shape index (κ1) is 22.8. The Bertz CT molecular complexity index is 1050. The monoisotopic (exact) mass is 452 g/mol. The van der Waals surface area contributed by atoms with Crippen LogP contribution in [0.4, 0.5) is 21.5 Å². The van der Waals surface area contributed by atoms with Crippen molar-refractivity contribution in [2.45, 2.75) is 39.2 Å². The highest BCUT2D eigenvalue weighted by Crippen LogP contribution is 2.40. The lowest BCUT2D eigenvalue weighted by atomic mass is 9.95. The molecule has 2 aliphatic rings. The number of piperidine rings is 1. The van der Waals surface area contributed by atoms with Gasteiger partial charge in [0.25, 0.3) is 5.91 Å². The molecule has 2 aromatic carbocycles. The fourth-order valence-corrected chi connectivity index (χ4v) is 4.62. The van der Waals surface area contributed by atoms with E-state index in [1.807, 2.05) is 19.9 Å². The smallest absolute Gasteiger partial charge is 0.253 e. The molecule has 1 saturated heterocycles. The van der Waals surface area contributed by atoms with Crippen molar-refractivity contribution in [2.75, 3.05) is 41.3 Å². The molecule has 0 aliphatic carbocycles. The van der Waals surface area contributed by atoms with Crippen molar-refractivity contribution in [1.29, 1.82) is 0 Å². The molecule has 7 nitrogen and oxygen atoms in total. The molecule has 0 bridgehead atoms. The van der Waals surface area contributed by atoms with Crippen LogP contribution in [0, 0.1) is 5.82 Å². The number of amides is 3. The van der Waals surface area contributed by atoms with Gasteiger partial charge in [-0.25, -0.2) is 4.39 Å². The van der Waals surface area contributed by atoms with E-state index in [4.69, 9.17) is 0 Å². The van der Waals surface area contributed by atoms with Gasteiger partial charge < -0.3 is 15.1 Å². The second-order valence-electron chi connectivity index (χ2n) is 8.37. The Hall–Kier alpha value is -3.42.